The van der Waals surface area contributed by atoms with E-state index in [-0.39, 0.29) is 10.7 Å². The number of aliphatic carboxylic acids is 1. The van der Waals surface area contributed by atoms with Crippen molar-refractivity contribution in [2.75, 3.05) is 0 Å². The molecule has 0 heterocycles. The Bertz CT molecular complexity index is 363. The van der Waals surface area contributed by atoms with Gasteiger partial charge >= 0.3 is 5.97 Å². The third-order valence-corrected chi connectivity index (χ3v) is 8.71. The second kappa shape index (κ2) is 19.4. The van der Waals surface area contributed by atoms with Crippen molar-refractivity contribution in [2.45, 2.75) is 133 Å². The molecule has 0 aromatic carbocycles. The largest absolute Gasteiger partial charge is 0.481 e. The van der Waals surface area contributed by atoms with E-state index in [0.29, 0.717) is 10.7 Å². The van der Waals surface area contributed by atoms with Crippen LogP contribution in [0, 0.1) is 11.8 Å². The van der Waals surface area contributed by atoms with Gasteiger partial charge in [0.2, 0.25) is 0 Å². The molecule has 0 radical (unpaired) electrons. The normalized spacial score (nSPS) is 15.9. The van der Waals surface area contributed by atoms with E-state index in [1.165, 1.54) is 77.0 Å². The van der Waals surface area contributed by atoms with Gasteiger partial charge in [-0.05, 0) is 31.6 Å². The van der Waals surface area contributed by atoms with Gasteiger partial charge in [-0.15, -0.1) is 0 Å². The lowest BCUT2D eigenvalue weighted by Crippen LogP contribution is -2.29. The molecule has 1 N–H and O–H groups in total. The number of hydrogen-bond acceptors (Lipinski definition) is 1. The molecule has 0 saturated carbocycles. The Morgan fingerprint density at radius 1 is 0.714 bits per heavy atom. The van der Waals surface area contributed by atoms with Crippen molar-refractivity contribution in [3.63, 3.8) is 0 Å². The van der Waals surface area contributed by atoms with E-state index in [4.69, 9.17) is 0 Å². The molecule has 0 aliphatic heterocycles. The van der Waals surface area contributed by atoms with Gasteiger partial charge in [-0.3, -0.25) is 4.79 Å². The SMILES string of the molecule is CCCCCCCCCCCCCCC(CC(C(=O)O)C(Br)CC)C(Br)CC. The second-order valence-corrected chi connectivity index (χ2v) is 10.8. The van der Waals surface area contributed by atoms with Crippen molar-refractivity contribution in [3.8, 4) is 0 Å². The van der Waals surface area contributed by atoms with Crippen molar-refractivity contribution >= 4 is 37.8 Å². The monoisotopic (exact) mass is 524 g/mol. The highest BCUT2D eigenvalue weighted by Gasteiger charge is 2.30. The Hall–Kier alpha value is 0.430. The minimum Gasteiger partial charge on any atom is -0.481 e. The summed E-state index contributed by atoms with van der Waals surface area (Å²) in [5.41, 5.74) is 0. The number of carbonyl (C=O) groups is 1. The van der Waals surface area contributed by atoms with Crippen LogP contribution in [0.1, 0.15) is 124 Å². The van der Waals surface area contributed by atoms with Crippen LogP contribution in [0.2, 0.25) is 0 Å². The van der Waals surface area contributed by atoms with Gasteiger partial charge in [0.15, 0.2) is 0 Å². The number of carboxylic acids is 1. The molecule has 0 bridgehead atoms. The first kappa shape index (κ1) is 28.4. The first-order valence-corrected chi connectivity index (χ1v) is 13.8. The zero-order valence-corrected chi connectivity index (χ0v) is 21.9. The standard InChI is InChI=1S/C24H46Br2O2/c1-4-7-8-9-10-11-12-13-14-15-16-17-18-20(22(25)5-2)19-21(24(27)28)23(26)6-3/h20-23H,4-19H2,1-3H3,(H,27,28). The lowest BCUT2D eigenvalue weighted by atomic mass is 9.85. The summed E-state index contributed by atoms with van der Waals surface area (Å²) in [6, 6.07) is 0. The van der Waals surface area contributed by atoms with Crippen molar-refractivity contribution < 1.29 is 9.90 Å². The molecule has 0 fully saturated rings. The molecule has 0 aromatic heterocycles. The summed E-state index contributed by atoms with van der Waals surface area (Å²) >= 11 is 7.40. The van der Waals surface area contributed by atoms with E-state index >= 15 is 0 Å². The van der Waals surface area contributed by atoms with Crippen LogP contribution in [0.15, 0.2) is 0 Å². The Balaban J connectivity index is 3.97. The molecule has 0 rings (SSSR count). The molecule has 28 heavy (non-hydrogen) atoms. The molecule has 0 amide bonds. The lowest BCUT2D eigenvalue weighted by molar-refractivity contribution is -0.142. The maximum Gasteiger partial charge on any atom is 0.307 e. The number of rotatable bonds is 20. The van der Waals surface area contributed by atoms with Gasteiger partial charge in [-0.25, -0.2) is 0 Å². The van der Waals surface area contributed by atoms with Crippen molar-refractivity contribution in [3.05, 3.63) is 0 Å². The number of alkyl halides is 2. The van der Waals surface area contributed by atoms with Crippen molar-refractivity contribution in [2.24, 2.45) is 11.8 Å². The maximum absolute atomic E-state index is 11.7. The first-order chi connectivity index (χ1) is 13.5. The predicted octanol–water partition coefficient (Wildman–Crippen LogP) is 9.13. The highest BCUT2D eigenvalue weighted by atomic mass is 79.9. The molecular weight excluding hydrogens is 480 g/mol. The summed E-state index contributed by atoms with van der Waals surface area (Å²) in [6.07, 6.45) is 20.3. The molecule has 0 saturated heterocycles. The van der Waals surface area contributed by atoms with Crippen LogP contribution >= 0.6 is 31.9 Å². The van der Waals surface area contributed by atoms with E-state index in [1.807, 2.05) is 0 Å². The van der Waals surface area contributed by atoms with Gasteiger partial charge in [0, 0.05) is 9.65 Å². The molecule has 4 atom stereocenters. The predicted molar refractivity (Wildman–Crippen MR) is 131 cm³/mol. The van der Waals surface area contributed by atoms with E-state index in [2.05, 4.69) is 52.6 Å². The van der Waals surface area contributed by atoms with Crippen LogP contribution in [-0.4, -0.2) is 20.7 Å². The van der Waals surface area contributed by atoms with Crippen LogP contribution in [0.4, 0.5) is 0 Å². The maximum atomic E-state index is 11.7. The summed E-state index contributed by atoms with van der Waals surface area (Å²) in [5.74, 6) is -0.473. The average molecular weight is 526 g/mol. The zero-order chi connectivity index (χ0) is 21.2. The molecule has 0 aliphatic rings. The Morgan fingerprint density at radius 3 is 1.54 bits per heavy atom. The number of unbranched alkanes of at least 4 members (excludes halogenated alkanes) is 11. The summed E-state index contributed by atoms with van der Waals surface area (Å²) in [6.45, 7) is 6.52. The molecule has 4 heteroatoms. The minimum atomic E-state index is -0.653. The third kappa shape index (κ3) is 14.4. The van der Waals surface area contributed by atoms with Crippen molar-refractivity contribution in [1.29, 1.82) is 0 Å². The molecule has 0 spiro atoms. The van der Waals surface area contributed by atoms with Crippen LogP contribution in [0.5, 0.6) is 0 Å². The van der Waals surface area contributed by atoms with Gasteiger partial charge in [0.1, 0.15) is 0 Å². The third-order valence-electron chi connectivity index (χ3n) is 6.03. The minimum absolute atomic E-state index is 0.0750. The highest BCUT2D eigenvalue weighted by Crippen LogP contribution is 2.32. The first-order valence-electron chi connectivity index (χ1n) is 12.0. The Morgan fingerprint density at radius 2 is 1.14 bits per heavy atom. The van der Waals surface area contributed by atoms with E-state index in [9.17, 15) is 9.90 Å². The smallest absolute Gasteiger partial charge is 0.307 e. The lowest BCUT2D eigenvalue weighted by Gasteiger charge is -2.27. The summed E-state index contributed by atoms with van der Waals surface area (Å²) in [4.78, 5) is 12.2. The number of halogens is 2. The van der Waals surface area contributed by atoms with Crippen LogP contribution in [-0.2, 0) is 4.79 Å². The van der Waals surface area contributed by atoms with Gasteiger partial charge in [-0.2, -0.15) is 0 Å². The summed E-state index contributed by atoms with van der Waals surface area (Å²) in [7, 11) is 0. The number of hydrogen-bond donors (Lipinski definition) is 1. The Kier molecular flexibility index (Phi) is 19.7. The van der Waals surface area contributed by atoms with Gasteiger partial charge in [0.25, 0.3) is 0 Å². The number of carboxylic acid groups (broad SMARTS) is 1. The second-order valence-electron chi connectivity index (χ2n) is 8.47. The van der Waals surface area contributed by atoms with Crippen LogP contribution < -0.4 is 0 Å². The topological polar surface area (TPSA) is 37.3 Å². The van der Waals surface area contributed by atoms with E-state index in [0.717, 1.165) is 25.7 Å². The van der Waals surface area contributed by atoms with Crippen LogP contribution in [0.3, 0.4) is 0 Å². The Labute approximate surface area is 192 Å². The van der Waals surface area contributed by atoms with Gasteiger partial charge in [-0.1, -0.05) is 130 Å². The summed E-state index contributed by atoms with van der Waals surface area (Å²) in [5, 5.41) is 9.61. The highest BCUT2D eigenvalue weighted by molar-refractivity contribution is 9.09. The molecule has 4 unspecified atom stereocenters. The molecule has 0 aromatic rings. The molecule has 2 nitrogen and oxygen atoms in total. The fraction of sp³-hybridized carbons (Fsp3) is 0.958. The zero-order valence-electron chi connectivity index (χ0n) is 18.7. The van der Waals surface area contributed by atoms with Gasteiger partial charge < -0.3 is 5.11 Å². The van der Waals surface area contributed by atoms with Crippen LogP contribution in [0.25, 0.3) is 0 Å². The molecule has 0 aliphatic carbocycles. The fourth-order valence-corrected chi connectivity index (χ4v) is 4.96. The molecule has 168 valence electrons. The molecular formula is C24H46Br2O2. The van der Waals surface area contributed by atoms with E-state index in [1.54, 1.807) is 0 Å². The van der Waals surface area contributed by atoms with Gasteiger partial charge in [0.05, 0.1) is 5.92 Å². The average Bonchev–Trinajstić information content (AvgIpc) is 2.69. The summed E-state index contributed by atoms with van der Waals surface area (Å²) < 4.78 is 0. The quantitative estimate of drug-likeness (QED) is 0.127. The fourth-order valence-electron chi connectivity index (χ4n) is 4.04. The van der Waals surface area contributed by atoms with Crippen molar-refractivity contribution in [1.82, 2.24) is 0 Å². The van der Waals surface area contributed by atoms with E-state index < -0.39 is 5.97 Å².